The monoisotopic (exact) mass is 1010 g/mol. The molecule has 6 N–H and O–H groups in total. The maximum atomic E-state index is 13.0. The maximum Gasteiger partial charge on any atom is 0.311 e. The number of benzene rings is 5. The number of carbonyl (C=O) groups excluding carboxylic acids is 1. The number of ether oxygens (including phenoxy) is 2. The number of nitrogens with zero attached hydrogens (tertiary/aromatic N) is 5. The number of phenolic OH excluding ortho intramolecular Hbond substituents is 1. The minimum atomic E-state index is -4.89. The minimum absolute atomic E-state index is 0.00738. The molecule has 0 unspecified atom stereocenters. The summed E-state index contributed by atoms with van der Waals surface area (Å²) in [6.07, 6.45) is 0.597. The van der Waals surface area contributed by atoms with Crippen LogP contribution in [0.1, 0.15) is 27.2 Å². The molecule has 0 bridgehead atoms. The van der Waals surface area contributed by atoms with E-state index in [9.17, 15) is 31.3 Å². The minimum Gasteiger partial charge on any atom is -0.505 e. The number of aromatic nitrogens is 3. The van der Waals surface area contributed by atoms with Gasteiger partial charge in [-0.1, -0.05) is 47.3 Å². The molecule has 0 aliphatic rings. The molecule has 6 rings (SSSR count). The third-order valence-corrected chi connectivity index (χ3v) is 13.6. The Hall–Kier alpha value is -5.33. The molecule has 0 fully saturated rings. The lowest BCUT2D eigenvalue weighted by Gasteiger charge is -2.20. The summed E-state index contributed by atoms with van der Waals surface area (Å²) >= 11 is 7.24. The number of phenols is 1. The fourth-order valence-electron chi connectivity index (χ4n) is 5.85. The molecule has 0 saturated heterocycles. The van der Waals surface area contributed by atoms with Gasteiger partial charge < -0.3 is 25.2 Å². The summed E-state index contributed by atoms with van der Waals surface area (Å²) in [5, 5.41) is 52.3. The van der Waals surface area contributed by atoms with Crippen molar-refractivity contribution in [3.05, 3.63) is 84.1 Å². The van der Waals surface area contributed by atoms with E-state index in [0.29, 0.717) is 46.5 Å². The molecule has 0 amide bonds. The van der Waals surface area contributed by atoms with E-state index < -0.39 is 36.0 Å². The van der Waals surface area contributed by atoms with Crippen LogP contribution in [0.25, 0.3) is 21.5 Å². The van der Waals surface area contributed by atoms with Crippen molar-refractivity contribution in [1.29, 1.82) is 0 Å². The zero-order valence-corrected chi connectivity index (χ0v) is 38.6. The van der Waals surface area contributed by atoms with Crippen LogP contribution >= 0.6 is 35.7 Å². The standard InChI is InChI=1S/C39H38ClN7O15S4/c1-4-39(2,3)35(49)58-16-15-57-17-18-65(52,53)25-12-10-24(11-13-25)41-37-43-36(40)44-38(45-37)42-29-21-26(66(54,55)56)19-23-20-30(63-61-59-50)32(33(48)31(23)29)47-46-28-14-9-22-7-5-6-8-27(22)34(28)64-62-60-51/h5-14,19-21,48,50-51H,4,15-18H2,1-3H3,(H,54,55,56)(H2,41,42,43,44,45). The van der Waals surface area contributed by atoms with Crippen molar-refractivity contribution < 1.29 is 70.0 Å². The maximum absolute atomic E-state index is 13.0. The number of carbonyl (C=O) groups is 1. The van der Waals surface area contributed by atoms with Crippen molar-refractivity contribution in [1.82, 2.24) is 15.0 Å². The molecule has 6 aromatic rings. The summed E-state index contributed by atoms with van der Waals surface area (Å²) < 4.78 is 80.9. The molecular weight excluding hydrogens is 970 g/mol. The SMILES string of the molecule is CCC(C)(C)C(=O)OCCOCCS(=O)(=O)c1ccc(Nc2nc(Cl)nc(Nc3cc(S(=O)(=O)O)cc4cc(SOOO)c(N=Nc5ccc6ccccc6c5SOOO)c(O)c34)n2)cc1. The highest BCUT2D eigenvalue weighted by Crippen LogP contribution is 2.48. The van der Waals surface area contributed by atoms with Crippen molar-refractivity contribution in [2.24, 2.45) is 15.6 Å². The first-order valence-electron chi connectivity index (χ1n) is 19.0. The molecule has 0 spiro atoms. The van der Waals surface area contributed by atoms with Crippen LogP contribution in [0.15, 0.2) is 109 Å². The number of hydrogen-bond donors (Lipinski definition) is 6. The van der Waals surface area contributed by atoms with Gasteiger partial charge in [0.25, 0.3) is 10.1 Å². The van der Waals surface area contributed by atoms with Crippen molar-refractivity contribution in [3.8, 4) is 5.75 Å². The van der Waals surface area contributed by atoms with Crippen molar-refractivity contribution in [2.75, 3.05) is 36.2 Å². The Morgan fingerprint density at radius 3 is 2.21 bits per heavy atom. The summed E-state index contributed by atoms with van der Waals surface area (Å²) in [6, 6.07) is 19.3. The molecule has 27 heteroatoms. The summed E-state index contributed by atoms with van der Waals surface area (Å²) in [7, 11) is -8.67. The number of anilines is 4. The second kappa shape index (κ2) is 22.0. The van der Waals surface area contributed by atoms with Crippen LogP contribution in [0, 0.1) is 5.41 Å². The molecule has 0 atom stereocenters. The van der Waals surface area contributed by atoms with Gasteiger partial charge in [0.15, 0.2) is 15.6 Å². The van der Waals surface area contributed by atoms with Gasteiger partial charge in [0.2, 0.25) is 17.2 Å². The predicted molar refractivity (Wildman–Crippen MR) is 241 cm³/mol. The smallest absolute Gasteiger partial charge is 0.311 e. The largest absolute Gasteiger partial charge is 0.505 e. The number of halogens is 1. The fraction of sp³-hybridized carbons (Fsp3) is 0.231. The number of nitrogens with one attached hydrogen (secondary N) is 2. The van der Waals surface area contributed by atoms with E-state index in [-0.39, 0.29) is 86.3 Å². The zero-order chi connectivity index (χ0) is 47.6. The summed E-state index contributed by atoms with van der Waals surface area (Å²) in [4.78, 5) is 24.1. The average Bonchev–Trinajstić information content (AvgIpc) is 3.27. The molecular formula is C39H38ClN7O15S4. The highest BCUT2D eigenvalue weighted by molar-refractivity contribution is 7.95. The Kier molecular flexibility index (Phi) is 16.7. The Morgan fingerprint density at radius 1 is 0.818 bits per heavy atom. The topological polar surface area (TPSA) is 309 Å². The first-order chi connectivity index (χ1) is 31.4. The number of fused-ring (bicyclic) bond motifs is 2. The molecule has 66 heavy (non-hydrogen) atoms. The summed E-state index contributed by atoms with van der Waals surface area (Å²) in [6.45, 7) is 5.27. The number of sulfone groups is 1. The predicted octanol–water partition coefficient (Wildman–Crippen LogP) is 9.31. The van der Waals surface area contributed by atoms with Gasteiger partial charge in [-0.3, -0.25) is 9.35 Å². The van der Waals surface area contributed by atoms with E-state index >= 15 is 0 Å². The number of rotatable bonds is 22. The van der Waals surface area contributed by atoms with Gasteiger partial charge in [-0.15, -0.1) is 18.9 Å². The zero-order valence-electron chi connectivity index (χ0n) is 34.6. The molecule has 350 valence electrons. The van der Waals surface area contributed by atoms with Crippen LogP contribution in [0.4, 0.5) is 34.6 Å². The highest BCUT2D eigenvalue weighted by Gasteiger charge is 2.27. The molecule has 0 saturated carbocycles. The lowest BCUT2D eigenvalue weighted by Crippen LogP contribution is -2.27. The van der Waals surface area contributed by atoms with Crippen molar-refractivity contribution in [2.45, 2.75) is 46.8 Å². The van der Waals surface area contributed by atoms with Gasteiger partial charge in [0.1, 0.15) is 18.0 Å². The normalized spacial score (nSPS) is 12.3. The van der Waals surface area contributed by atoms with Crippen LogP contribution in [0.3, 0.4) is 0 Å². The van der Waals surface area contributed by atoms with E-state index in [1.165, 1.54) is 30.3 Å². The van der Waals surface area contributed by atoms with Gasteiger partial charge in [0, 0.05) is 11.1 Å². The summed E-state index contributed by atoms with van der Waals surface area (Å²) in [5.74, 6) is -1.79. The first-order valence-corrected chi connectivity index (χ1v) is 24.0. The molecule has 0 radical (unpaired) electrons. The number of esters is 1. The Labute approximate surface area is 389 Å². The van der Waals surface area contributed by atoms with Crippen LogP contribution < -0.4 is 10.6 Å². The number of hydrogen-bond acceptors (Lipinski definition) is 23. The van der Waals surface area contributed by atoms with E-state index in [0.717, 1.165) is 17.5 Å². The number of azo groups is 1. The lowest BCUT2D eigenvalue weighted by molar-refractivity contribution is -0.432. The van der Waals surface area contributed by atoms with E-state index in [2.05, 4.69) is 50.2 Å². The van der Waals surface area contributed by atoms with E-state index in [4.69, 9.17) is 35.9 Å². The molecule has 1 heterocycles. The Balaban J connectivity index is 1.27. The van der Waals surface area contributed by atoms with Crippen LogP contribution in [-0.2, 0) is 53.0 Å². The third-order valence-electron chi connectivity index (χ3n) is 9.56. The molecule has 22 nitrogen and oxygen atoms in total. The van der Waals surface area contributed by atoms with Gasteiger partial charge in [0.05, 0.1) is 73.7 Å². The van der Waals surface area contributed by atoms with Gasteiger partial charge >= 0.3 is 5.97 Å². The number of aromatic hydroxyl groups is 1. The molecule has 0 aliphatic heterocycles. The molecule has 5 aromatic carbocycles. The lowest BCUT2D eigenvalue weighted by atomic mass is 9.91. The van der Waals surface area contributed by atoms with Gasteiger partial charge in [-0.05, 0) is 96.6 Å². The van der Waals surface area contributed by atoms with E-state index in [1.807, 2.05) is 13.0 Å². The highest BCUT2D eigenvalue weighted by atomic mass is 35.5. The Bertz CT molecular complexity index is 2990. The van der Waals surface area contributed by atoms with Gasteiger partial charge in [-0.2, -0.15) is 23.4 Å². The third kappa shape index (κ3) is 12.6. The second-order valence-corrected chi connectivity index (χ2v) is 19.6. The molecule has 1 aromatic heterocycles. The average molecular weight is 1010 g/mol. The van der Waals surface area contributed by atoms with Crippen LogP contribution in [0.2, 0.25) is 5.28 Å². The first kappa shape index (κ1) is 50.1. The van der Waals surface area contributed by atoms with Crippen LogP contribution in [0.5, 0.6) is 5.75 Å². The van der Waals surface area contributed by atoms with Gasteiger partial charge in [-0.25, -0.2) is 18.9 Å². The van der Waals surface area contributed by atoms with Crippen molar-refractivity contribution >= 4 is 118 Å². The fourth-order valence-corrected chi connectivity index (χ4v) is 8.74. The molecule has 0 aliphatic carbocycles. The van der Waals surface area contributed by atoms with Crippen molar-refractivity contribution in [3.63, 3.8) is 0 Å². The Morgan fingerprint density at radius 2 is 1.52 bits per heavy atom. The summed E-state index contributed by atoms with van der Waals surface area (Å²) in [5.41, 5.74) is -0.629. The quantitative estimate of drug-likeness (QED) is 0.00701. The van der Waals surface area contributed by atoms with Crippen LogP contribution in [-0.4, -0.2) is 83.5 Å². The van der Waals surface area contributed by atoms with E-state index in [1.54, 1.807) is 44.2 Å². The second-order valence-electron chi connectivity index (χ2n) is 14.2.